The summed E-state index contributed by atoms with van der Waals surface area (Å²) in [5.74, 6) is 1.51. The molecule has 2 rings (SSSR count). The Morgan fingerprint density at radius 1 is 1.33 bits per heavy atom. The number of hydrogen-bond donors (Lipinski definition) is 0. The van der Waals surface area contributed by atoms with E-state index in [4.69, 9.17) is 9.47 Å². The zero-order valence-electron chi connectivity index (χ0n) is 10.7. The number of likely N-dealkylation sites (tertiary alicyclic amines) is 1. The Hall–Kier alpha value is -0.710. The Bertz CT molecular complexity index is 353. The fourth-order valence-corrected chi connectivity index (χ4v) is 1.97. The van der Waals surface area contributed by atoms with Crippen LogP contribution in [0.1, 0.15) is 12.8 Å². The number of hydrogen-bond acceptors (Lipinski definition) is 4. The molecule has 1 atom stereocenters. The molecular weight excluding hydrogens is 275 g/mol. The molecule has 0 bridgehead atoms. The summed E-state index contributed by atoms with van der Waals surface area (Å²) < 4.78 is 10.8. The lowest BCUT2D eigenvalue weighted by Crippen LogP contribution is -2.30. The third-order valence-corrected chi connectivity index (χ3v) is 3.04. The number of halogens is 2. The van der Waals surface area contributed by atoms with Crippen molar-refractivity contribution in [3.63, 3.8) is 0 Å². The van der Waals surface area contributed by atoms with Gasteiger partial charge in [0.15, 0.2) is 0 Å². The molecule has 1 aliphatic heterocycles. The van der Waals surface area contributed by atoms with Gasteiger partial charge in [-0.05, 0) is 26.4 Å². The molecule has 6 heteroatoms. The molecular formula is C12H20Cl2N2O2. The van der Waals surface area contributed by atoms with E-state index in [1.165, 1.54) is 19.4 Å². The predicted octanol–water partition coefficient (Wildman–Crippen LogP) is 2.41. The summed E-state index contributed by atoms with van der Waals surface area (Å²) in [7, 11) is 3.77. The number of pyridine rings is 1. The summed E-state index contributed by atoms with van der Waals surface area (Å²) in [6, 6.07) is 2.40. The van der Waals surface area contributed by atoms with Gasteiger partial charge in [0.25, 0.3) is 0 Å². The summed E-state index contributed by atoms with van der Waals surface area (Å²) in [4.78, 5) is 6.40. The lowest BCUT2D eigenvalue weighted by atomic mass is 10.2. The topological polar surface area (TPSA) is 34.6 Å². The van der Waals surface area contributed by atoms with Crippen molar-refractivity contribution >= 4 is 24.8 Å². The van der Waals surface area contributed by atoms with Crippen molar-refractivity contribution in [1.82, 2.24) is 9.88 Å². The molecule has 1 saturated heterocycles. The molecule has 0 N–H and O–H groups in total. The minimum absolute atomic E-state index is 0. The van der Waals surface area contributed by atoms with Gasteiger partial charge in [-0.1, -0.05) is 0 Å². The second kappa shape index (κ2) is 8.40. The molecule has 0 amide bonds. The first-order chi connectivity index (χ1) is 7.79. The summed E-state index contributed by atoms with van der Waals surface area (Å²) in [5.41, 5.74) is 0. The molecule has 1 aromatic rings. The molecule has 1 aromatic heterocycles. The maximum absolute atomic E-state index is 5.72. The Kier molecular flexibility index (Phi) is 8.07. The van der Waals surface area contributed by atoms with E-state index in [2.05, 4.69) is 16.9 Å². The van der Waals surface area contributed by atoms with Crippen LogP contribution in [-0.4, -0.2) is 43.2 Å². The molecule has 0 aromatic carbocycles. The van der Waals surface area contributed by atoms with Gasteiger partial charge >= 0.3 is 0 Å². The van der Waals surface area contributed by atoms with E-state index in [1.807, 2.05) is 6.07 Å². The Labute approximate surface area is 120 Å². The van der Waals surface area contributed by atoms with Gasteiger partial charge in [0.1, 0.15) is 18.1 Å². The van der Waals surface area contributed by atoms with E-state index in [1.54, 1.807) is 19.5 Å². The quantitative estimate of drug-likeness (QED) is 0.854. The van der Waals surface area contributed by atoms with Crippen LogP contribution >= 0.6 is 24.8 Å². The van der Waals surface area contributed by atoms with Gasteiger partial charge in [0, 0.05) is 12.1 Å². The first-order valence-corrected chi connectivity index (χ1v) is 5.61. The van der Waals surface area contributed by atoms with E-state index in [-0.39, 0.29) is 24.8 Å². The van der Waals surface area contributed by atoms with Crippen LogP contribution in [0.25, 0.3) is 0 Å². The summed E-state index contributed by atoms with van der Waals surface area (Å²) in [5, 5.41) is 0. The van der Waals surface area contributed by atoms with Crippen LogP contribution in [0.4, 0.5) is 0 Å². The summed E-state index contributed by atoms with van der Waals surface area (Å²) >= 11 is 0. The molecule has 0 saturated carbocycles. The van der Waals surface area contributed by atoms with E-state index in [9.17, 15) is 0 Å². The highest BCUT2D eigenvalue weighted by atomic mass is 35.5. The smallest absolute Gasteiger partial charge is 0.141 e. The highest BCUT2D eigenvalue weighted by molar-refractivity contribution is 5.85. The van der Waals surface area contributed by atoms with Crippen LogP contribution < -0.4 is 9.47 Å². The summed E-state index contributed by atoms with van der Waals surface area (Å²) in [6.07, 6.45) is 5.88. The number of nitrogens with zero attached hydrogens (tertiary/aromatic N) is 2. The number of ether oxygens (including phenoxy) is 2. The first-order valence-electron chi connectivity index (χ1n) is 5.61. The second-order valence-electron chi connectivity index (χ2n) is 4.15. The first kappa shape index (κ1) is 17.3. The van der Waals surface area contributed by atoms with E-state index in [0.29, 0.717) is 6.04 Å². The fourth-order valence-electron chi connectivity index (χ4n) is 1.97. The Balaban J connectivity index is 0.00000144. The molecule has 0 unspecified atom stereocenters. The highest BCUT2D eigenvalue weighted by Gasteiger charge is 2.21. The minimum Gasteiger partial charge on any atom is -0.495 e. The number of likely N-dealkylation sites (N-methyl/N-ethyl adjacent to an activating group) is 1. The van der Waals surface area contributed by atoms with Crippen LogP contribution in [0.5, 0.6) is 11.5 Å². The van der Waals surface area contributed by atoms with Crippen molar-refractivity contribution in [2.24, 2.45) is 0 Å². The largest absolute Gasteiger partial charge is 0.495 e. The van der Waals surface area contributed by atoms with Crippen LogP contribution in [-0.2, 0) is 0 Å². The Morgan fingerprint density at radius 3 is 2.67 bits per heavy atom. The lowest BCUT2D eigenvalue weighted by Gasteiger charge is -2.19. The van der Waals surface area contributed by atoms with Crippen molar-refractivity contribution in [3.8, 4) is 11.5 Å². The van der Waals surface area contributed by atoms with Crippen LogP contribution in [0.2, 0.25) is 0 Å². The van der Waals surface area contributed by atoms with Crippen LogP contribution in [0.15, 0.2) is 18.5 Å². The van der Waals surface area contributed by atoms with E-state index in [0.717, 1.165) is 18.1 Å². The zero-order chi connectivity index (χ0) is 11.4. The highest BCUT2D eigenvalue weighted by Crippen LogP contribution is 2.19. The Morgan fingerprint density at radius 2 is 2.06 bits per heavy atom. The second-order valence-corrected chi connectivity index (χ2v) is 4.15. The number of aromatic nitrogens is 1. The lowest BCUT2D eigenvalue weighted by molar-refractivity contribution is 0.197. The van der Waals surface area contributed by atoms with Gasteiger partial charge in [-0.3, -0.25) is 4.98 Å². The van der Waals surface area contributed by atoms with Crippen molar-refractivity contribution in [2.75, 3.05) is 27.3 Å². The predicted molar refractivity (Wildman–Crippen MR) is 76.4 cm³/mol. The number of methoxy groups -OCH3 is 1. The van der Waals surface area contributed by atoms with Crippen molar-refractivity contribution in [2.45, 2.75) is 18.9 Å². The van der Waals surface area contributed by atoms with Gasteiger partial charge in [0.2, 0.25) is 0 Å². The zero-order valence-corrected chi connectivity index (χ0v) is 12.3. The normalized spacial score (nSPS) is 18.7. The molecule has 0 radical (unpaired) electrons. The van der Waals surface area contributed by atoms with E-state index >= 15 is 0 Å². The van der Waals surface area contributed by atoms with Crippen molar-refractivity contribution in [3.05, 3.63) is 18.5 Å². The summed E-state index contributed by atoms with van der Waals surface area (Å²) in [6.45, 7) is 1.90. The minimum atomic E-state index is 0. The molecule has 18 heavy (non-hydrogen) atoms. The number of rotatable bonds is 4. The SMILES string of the molecule is COc1cncc(OC[C@@H]2CCCN2C)c1.Cl.Cl. The van der Waals surface area contributed by atoms with E-state index < -0.39 is 0 Å². The third kappa shape index (κ3) is 4.52. The van der Waals surface area contributed by atoms with Gasteiger partial charge in [-0.2, -0.15) is 0 Å². The molecule has 104 valence electrons. The maximum Gasteiger partial charge on any atom is 0.141 e. The maximum atomic E-state index is 5.72. The monoisotopic (exact) mass is 294 g/mol. The van der Waals surface area contributed by atoms with Gasteiger partial charge in [-0.15, -0.1) is 24.8 Å². The van der Waals surface area contributed by atoms with Crippen molar-refractivity contribution < 1.29 is 9.47 Å². The molecule has 0 aliphatic carbocycles. The standard InChI is InChI=1S/C12H18N2O2.2ClH/c1-14-5-3-4-10(14)9-16-12-6-11(15-2)7-13-8-12;;/h6-8,10H,3-5,9H2,1-2H3;2*1H/t10-;;/m0../s1. The molecule has 2 heterocycles. The van der Waals surface area contributed by atoms with Gasteiger partial charge in [0.05, 0.1) is 19.5 Å². The molecule has 1 fully saturated rings. The molecule has 0 spiro atoms. The average Bonchev–Trinajstić information content (AvgIpc) is 2.72. The fraction of sp³-hybridized carbons (Fsp3) is 0.583. The molecule has 1 aliphatic rings. The molecule has 4 nitrogen and oxygen atoms in total. The average molecular weight is 295 g/mol. The third-order valence-electron chi connectivity index (χ3n) is 3.04. The van der Waals surface area contributed by atoms with Gasteiger partial charge < -0.3 is 14.4 Å². The van der Waals surface area contributed by atoms with Crippen LogP contribution in [0.3, 0.4) is 0 Å². The van der Waals surface area contributed by atoms with Gasteiger partial charge in [-0.25, -0.2) is 0 Å². The van der Waals surface area contributed by atoms with Crippen LogP contribution in [0, 0.1) is 0 Å². The van der Waals surface area contributed by atoms with Crippen molar-refractivity contribution in [1.29, 1.82) is 0 Å².